The van der Waals surface area contributed by atoms with Gasteiger partial charge < -0.3 is 14.4 Å². The zero-order valence-electron chi connectivity index (χ0n) is 13.7. The molecule has 2 amide bonds. The molecule has 2 heterocycles. The van der Waals surface area contributed by atoms with Crippen LogP contribution >= 0.6 is 11.8 Å². The second kappa shape index (κ2) is 7.63. The molecule has 0 atom stereocenters. The van der Waals surface area contributed by atoms with Crippen LogP contribution < -0.4 is 5.56 Å². The predicted octanol–water partition coefficient (Wildman–Crippen LogP) is 0.607. The van der Waals surface area contributed by atoms with Gasteiger partial charge in [-0.15, -0.1) is 0 Å². The molecule has 0 aliphatic carbocycles. The molecule has 0 saturated carbocycles. The number of hydrogen-bond acceptors (Lipinski definition) is 5. The minimum absolute atomic E-state index is 0.00612. The first-order chi connectivity index (χ1) is 10.9. The van der Waals surface area contributed by atoms with E-state index in [0.29, 0.717) is 31.3 Å². The quantitative estimate of drug-likeness (QED) is 0.594. The summed E-state index contributed by atoms with van der Waals surface area (Å²) in [6.07, 6.45) is 1.71. The van der Waals surface area contributed by atoms with Crippen molar-refractivity contribution in [1.29, 1.82) is 0 Å². The molecule has 126 valence electrons. The molecule has 0 unspecified atom stereocenters. The van der Waals surface area contributed by atoms with E-state index >= 15 is 0 Å². The van der Waals surface area contributed by atoms with Crippen LogP contribution in [0.15, 0.2) is 22.2 Å². The standard InChI is InChI=1S/C15H22N4O3S/c1-11(2)19-5-4-13(21)16-15(19)23-10-14(22)18-8-6-17(7-9-18)12(3)20/h4-5,11H,6-10H2,1-3H3. The van der Waals surface area contributed by atoms with Crippen molar-refractivity contribution in [2.24, 2.45) is 0 Å². The summed E-state index contributed by atoms with van der Waals surface area (Å²) in [5, 5.41) is 0.559. The molecule has 2 rings (SSSR count). The van der Waals surface area contributed by atoms with E-state index in [-0.39, 0.29) is 29.2 Å². The highest BCUT2D eigenvalue weighted by Crippen LogP contribution is 2.18. The molecule has 1 saturated heterocycles. The summed E-state index contributed by atoms with van der Waals surface area (Å²) >= 11 is 1.28. The van der Waals surface area contributed by atoms with Gasteiger partial charge in [-0.25, -0.2) is 0 Å². The molecular formula is C15H22N4O3S. The largest absolute Gasteiger partial charge is 0.339 e. The highest BCUT2D eigenvalue weighted by molar-refractivity contribution is 7.99. The average molecular weight is 338 g/mol. The molecule has 0 radical (unpaired) electrons. The van der Waals surface area contributed by atoms with Gasteiger partial charge in [0.1, 0.15) is 0 Å². The summed E-state index contributed by atoms with van der Waals surface area (Å²) in [6, 6.07) is 1.59. The number of thioether (sulfide) groups is 1. The minimum Gasteiger partial charge on any atom is -0.339 e. The Kier molecular flexibility index (Phi) is 5.81. The lowest BCUT2D eigenvalue weighted by Crippen LogP contribution is -2.50. The lowest BCUT2D eigenvalue weighted by Gasteiger charge is -2.34. The van der Waals surface area contributed by atoms with Gasteiger partial charge in [0.15, 0.2) is 5.16 Å². The van der Waals surface area contributed by atoms with Gasteiger partial charge in [0.2, 0.25) is 11.8 Å². The summed E-state index contributed by atoms with van der Waals surface area (Å²) in [4.78, 5) is 42.5. The Morgan fingerprint density at radius 3 is 2.39 bits per heavy atom. The molecule has 0 N–H and O–H groups in total. The molecule has 1 fully saturated rings. The van der Waals surface area contributed by atoms with Gasteiger partial charge >= 0.3 is 0 Å². The highest BCUT2D eigenvalue weighted by Gasteiger charge is 2.22. The molecule has 7 nitrogen and oxygen atoms in total. The fourth-order valence-corrected chi connectivity index (χ4v) is 3.40. The lowest BCUT2D eigenvalue weighted by atomic mass is 10.3. The van der Waals surface area contributed by atoms with E-state index in [2.05, 4.69) is 4.98 Å². The smallest absolute Gasteiger partial charge is 0.273 e. The number of amides is 2. The van der Waals surface area contributed by atoms with Crippen LogP contribution in [-0.4, -0.2) is 63.1 Å². The molecule has 23 heavy (non-hydrogen) atoms. The number of piperazine rings is 1. The summed E-state index contributed by atoms with van der Waals surface area (Å²) in [6.45, 7) is 7.80. The number of rotatable bonds is 4. The van der Waals surface area contributed by atoms with Crippen molar-refractivity contribution in [3.8, 4) is 0 Å². The van der Waals surface area contributed by atoms with Gasteiger partial charge in [0.25, 0.3) is 5.56 Å². The van der Waals surface area contributed by atoms with Crippen LogP contribution in [0.4, 0.5) is 0 Å². The van der Waals surface area contributed by atoms with Crippen LogP contribution in [0.25, 0.3) is 0 Å². The van der Waals surface area contributed by atoms with Crippen molar-refractivity contribution >= 4 is 23.6 Å². The minimum atomic E-state index is -0.299. The van der Waals surface area contributed by atoms with Crippen LogP contribution in [0.1, 0.15) is 26.8 Å². The number of hydrogen-bond donors (Lipinski definition) is 0. The Balaban J connectivity index is 1.94. The Hall–Kier alpha value is -1.83. The molecule has 1 aliphatic rings. The number of nitrogens with zero attached hydrogens (tertiary/aromatic N) is 4. The number of aromatic nitrogens is 2. The van der Waals surface area contributed by atoms with Crippen LogP contribution in [-0.2, 0) is 9.59 Å². The van der Waals surface area contributed by atoms with E-state index in [1.807, 2.05) is 18.4 Å². The van der Waals surface area contributed by atoms with Gasteiger partial charge in [0, 0.05) is 51.4 Å². The van der Waals surface area contributed by atoms with Crippen LogP contribution in [0.5, 0.6) is 0 Å². The van der Waals surface area contributed by atoms with Gasteiger partial charge in [0.05, 0.1) is 5.75 Å². The topological polar surface area (TPSA) is 75.5 Å². The van der Waals surface area contributed by atoms with Gasteiger partial charge in [-0.1, -0.05) is 11.8 Å². The molecule has 1 aromatic heterocycles. The Morgan fingerprint density at radius 2 is 1.83 bits per heavy atom. The van der Waals surface area contributed by atoms with Crippen molar-refractivity contribution in [3.05, 3.63) is 22.6 Å². The first kappa shape index (κ1) is 17.5. The summed E-state index contributed by atoms with van der Waals surface area (Å²) in [7, 11) is 0. The predicted molar refractivity (Wildman–Crippen MR) is 88.4 cm³/mol. The number of carbonyl (C=O) groups is 2. The Bertz CT molecular complexity index is 636. The first-order valence-corrected chi connectivity index (χ1v) is 8.62. The van der Waals surface area contributed by atoms with Crippen molar-refractivity contribution < 1.29 is 9.59 Å². The van der Waals surface area contributed by atoms with Crippen LogP contribution in [0, 0.1) is 0 Å². The Morgan fingerprint density at radius 1 is 1.22 bits per heavy atom. The Labute approximate surface area is 139 Å². The second-order valence-corrected chi connectivity index (χ2v) is 6.67. The van der Waals surface area contributed by atoms with Crippen molar-refractivity contribution in [1.82, 2.24) is 19.4 Å². The maximum atomic E-state index is 12.3. The van der Waals surface area contributed by atoms with Crippen LogP contribution in [0.3, 0.4) is 0 Å². The fraction of sp³-hybridized carbons (Fsp3) is 0.600. The fourth-order valence-electron chi connectivity index (χ4n) is 2.39. The van der Waals surface area contributed by atoms with E-state index in [1.165, 1.54) is 17.8 Å². The third-order valence-corrected chi connectivity index (χ3v) is 4.71. The van der Waals surface area contributed by atoms with Crippen LogP contribution in [0.2, 0.25) is 0 Å². The van der Waals surface area contributed by atoms with Gasteiger partial charge in [-0.2, -0.15) is 4.98 Å². The monoisotopic (exact) mass is 338 g/mol. The maximum absolute atomic E-state index is 12.3. The normalized spacial score (nSPS) is 15.1. The summed E-state index contributed by atoms with van der Waals surface area (Å²) < 4.78 is 1.88. The first-order valence-electron chi connectivity index (χ1n) is 7.63. The molecule has 1 aliphatic heterocycles. The van der Waals surface area contributed by atoms with Gasteiger partial charge in [-0.05, 0) is 13.8 Å². The maximum Gasteiger partial charge on any atom is 0.273 e. The zero-order valence-corrected chi connectivity index (χ0v) is 14.5. The van der Waals surface area contributed by atoms with E-state index in [0.717, 1.165) is 0 Å². The van der Waals surface area contributed by atoms with Crippen molar-refractivity contribution in [2.75, 3.05) is 31.9 Å². The third-order valence-electron chi connectivity index (χ3n) is 3.76. The number of carbonyl (C=O) groups excluding carboxylic acids is 2. The molecule has 0 aromatic carbocycles. The van der Waals surface area contributed by atoms with Crippen molar-refractivity contribution in [2.45, 2.75) is 32.0 Å². The highest BCUT2D eigenvalue weighted by atomic mass is 32.2. The summed E-state index contributed by atoms with van der Waals surface area (Å²) in [5.74, 6) is 0.288. The summed E-state index contributed by atoms with van der Waals surface area (Å²) in [5.41, 5.74) is -0.299. The zero-order chi connectivity index (χ0) is 17.0. The third kappa shape index (κ3) is 4.57. The lowest BCUT2D eigenvalue weighted by molar-refractivity contribution is -0.136. The average Bonchev–Trinajstić information content (AvgIpc) is 2.52. The molecule has 0 spiro atoms. The van der Waals surface area contributed by atoms with Crippen molar-refractivity contribution in [3.63, 3.8) is 0 Å². The molecule has 1 aromatic rings. The SMILES string of the molecule is CC(=O)N1CCN(C(=O)CSc2nc(=O)ccn2C(C)C)CC1. The van der Waals surface area contributed by atoms with E-state index in [4.69, 9.17) is 0 Å². The van der Waals surface area contributed by atoms with Gasteiger partial charge in [-0.3, -0.25) is 14.4 Å². The molecule has 0 bridgehead atoms. The molecule has 8 heteroatoms. The molecular weight excluding hydrogens is 316 g/mol. The second-order valence-electron chi connectivity index (χ2n) is 5.72. The van der Waals surface area contributed by atoms with E-state index < -0.39 is 0 Å². The van der Waals surface area contributed by atoms with E-state index in [9.17, 15) is 14.4 Å². The van der Waals surface area contributed by atoms with E-state index in [1.54, 1.807) is 22.9 Å².